The van der Waals surface area contributed by atoms with Crippen molar-refractivity contribution in [3.05, 3.63) is 90.0 Å². The van der Waals surface area contributed by atoms with Gasteiger partial charge < -0.3 is 10.2 Å². The van der Waals surface area contributed by atoms with Crippen molar-refractivity contribution in [3.8, 4) is 0 Å². The molecule has 3 rings (SSSR count). The molecule has 5 nitrogen and oxygen atoms in total. The van der Waals surface area contributed by atoms with Crippen LogP contribution in [-0.4, -0.2) is 26.2 Å². The van der Waals surface area contributed by atoms with Gasteiger partial charge in [-0.3, -0.25) is 4.79 Å². The van der Waals surface area contributed by atoms with Gasteiger partial charge in [-0.15, -0.1) is 0 Å². The predicted molar refractivity (Wildman–Crippen MR) is 112 cm³/mol. The third-order valence-electron chi connectivity index (χ3n) is 3.98. The third-order valence-corrected chi connectivity index (χ3v) is 3.98. The summed E-state index contributed by atoms with van der Waals surface area (Å²) in [6.45, 7) is 0. The molecule has 2 N–H and O–H groups in total. The SMILES string of the molecule is CN(C)c1ccc(C=NNC(=O)c2cccc(Nc3ccccc3)c2)cc1. The molecule has 0 aliphatic heterocycles. The fourth-order valence-electron chi connectivity index (χ4n) is 2.51. The summed E-state index contributed by atoms with van der Waals surface area (Å²) in [4.78, 5) is 14.4. The molecule has 3 aromatic rings. The highest BCUT2D eigenvalue weighted by Gasteiger charge is 2.05. The van der Waals surface area contributed by atoms with Crippen LogP contribution in [0, 0.1) is 0 Å². The van der Waals surface area contributed by atoms with Crippen LogP contribution in [0.25, 0.3) is 0 Å². The van der Waals surface area contributed by atoms with Crippen molar-refractivity contribution in [2.75, 3.05) is 24.3 Å². The fraction of sp³-hybridized carbons (Fsp3) is 0.0909. The van der Waals surface area contributed by atoms with Crippen molar-refractivity contribution < 1.29 is 4.79 Å². The molecule has 0 heterocycles. The maximum Gasteiger partial charge on any atom is 0.271 e. The van der Waals surface area contributed by atoms with E-state index in [4.69, 9.17) is 0 Å². The Hall–Kier alpha value is -3.60. The summed E-state index contributed by atoms with van der Waals surface area (Å²) in [7, 11) is 3.98. The molecule has 27 heavy (non-hydrogen) atoms. The number of nitrogens with zero attached hydrogens (tertiary/aromatic N) is 2. The minimum Gasteiger partial charge on any atom is -0.378 e. The van der Waals surface area contributed by atoms with E-state index in [1.54, 1.807) is 18.3 Å². The fourth-order valence-corrected chi connectivity index (χ4v) is 2.51. The van der Waals surface area contributed by atoms with Gasteiger partial charge in [-0.25, -0.2) is 5.43 Å². The number of benzene rings is 3. The number of carbonyl (C=O) groups excluding carboxylic acids is 1. The summed E-state index contributed by atoms with van der Waals surface area (Å²) in [5, 5.41) is 7.32. The van der Waals surface area contributed by atoms with E-state index in [2.05, 4.69) is 15.8 Å². The van der Waals surface area contributed by atoms with Gasteiger partial charge in [0, 0.05) is 36.7 Å². The Morgan fingerprint density at radius 1 is 0.889 bits per heavy atom. The Labute approximate surface area is 159 Å². The van der Waals surface area contributed by atoms with E-state index in [1.165, 1.54) is 0 Å². The van der Waals surface area contributed by atoms with Crippen molar-refractivity contribution >= 4 is 29.2 Å². The molecule has 0 aliphatic carbocycles. The Morgan fingerprint density at radius 3 is 2.30 bits per heavy atom. The van der Waals surface area contributed by atoms with Gasteiger partial charge in [0.1, 0.15) is 0 Å². The molecule has 1 amide bonds. The van der Waals surface area contributed by atoms with E-state index < -0.39 is 0 Å². The molecule has 0 saturated carbocycles. The summed E-state index contributed by atoms with van der Waals surface area (Å²) >= 11 is 0. The molecule has 0 spiro atoms. The Kier molecular flexibility index (Phi) is 5.84. The molecular weight excluding hydrogens is 336 g/mol. The van der Waals surface area contributed by atoms with E-state index in [-0.39, 0.29) is 5.91 Å². The second kappa shape index (κ2) is 8.67. The van der Waals surface area contributed by atoms with Gasteiger partial charge in [-0.2, -0.15) is 5.10 Å². The standard InChI is InChI=1S/C22H22N4O/c1-26(2)21-13-11-17(12-14-21)16-23-25-22(27)18-7-6-10-20(15-18)24-19-8-4-3-5-9-19/h3-16,24H,1-2H3,(H,25,27). The molecule has 0 aliphatic rings. The second-order valence-corrected chi connectivity index (χ2v) is 6.26. The van der Waals surface area contributed by atoms with Gasteiger partial charge in [0.15, 0.2) is 0 Å². The van der Waals surface area contributed by atoms with E-state index in [1.807, 2.05) is 85.7 Å². The molecule has 3 aromatic carbocycles. The lowest BCUT2D eigenvalue weighted by Crippen LogP contribution is -2.17. The van der Waals surface area contributed by atoms with Crippen LogP contribution in [0.5, 0.6) is 0 Å². The highest BCUT2D eigenvalue weighted by atomic mass is 16.2. The van der Waals surface area contributed by atoms with Gasteiger partial charge in [-0.1, -0.05) is 36.4 Å². The van der Waals surface area contributed by atoms with Crippen LogP contribution in [0.15, 0.2) is 84.0 Å². The smallest absolute Gasteiger partial charge is 0.271 e. The average Bonchev–Trinajstić information content (AvgIpc) is 2.69. The number of hydrazone groups is 1. The van der Waals surface area contributed by atoms with E-state index in [0.717, 1.165) is 22.6 Å². The number of anilines is 3. The van der Waals surface area contributed by atoms with Crippen LogP contribution < -0.4 is 15.6 Å². The Balaban J connectivity index is 1.61. The molecule has 0 radical (unpaired) electrons. The number of hydrogen-bond acceptors (Lipinski definition) is 4. The molecule has 0 atom stereocenters. The summed E-state index contributed by atoms with van der Waals surface area (Å²) in [6.07, 6.45) is 1.63. The number of nitrogens with one attached hydrogen (secondary N) is 2. The highest BCUT2D eigenvalue weighted by molar-refractivity contribution is 5.95. The number of rotatable bonds is 6. The summed E-state index contributed by atoms with van der Waals surface area (Å²) in [6, 6.07) is 25.0. The molecule has 0 fully saturated rings. The van der Waals surface area contributed by atoms with Crippen LogP contribution in [0.3, 0.4) is 0 Å². The maximum atomic E-state index is 12.3. The first kappa shape index (κ1) is 18.2. The first-order valence-corrected chi connectivity index (χ1v) is 8.65. The van der Waals surface area contributed by atoms with Gasteiger partial charge in [0.25, 0.3) is 5.91 Å². The molecule has 0 aromatic heterocycles. The van der Waals surface area contributed by atoms with Gasteiger partial charge in [0.2, 0.25) is 0 Å². The van der Waals surface area contributed by atoms with Crippen LogP contribution in [0.1, 0.15) is 15.9 Å². The first-order valence-electron chi connectivity index (χ1n) is 8.65. The Morgan fingerprint density at radius 2 is 1.59 bits per heavy atom. The minimum atomic E-state index is -0.257. The zero-order chi connectivity index (χ0) is 19.1. The van der Waals surface area contributed by atoms with Gasteiger partial charge in [0.05, 0.1) is 6.21 Å². The van der Waals surface area contributed by atoms with E-state index >= 15 is 0 Å². The number of hydrogen-bond donors (Lipinski definition) is 2. The zero-order valence-corrected chi connectivity index (χ0v) is 15.4. The number of carbonyl (C=O) groups is 1. The van der Waals surface area contributed by atoms with Gasteiger partial charge in [-0.05, 0) is 48.0 Å². The van der Waals surface area contributed by atoms with Crippen molar-refractivity contribution in [2.24, 2.45) is 5.10 Å². The van der Waals surface area contributed by atoms with Crippen molar-refractivity contribution in [1.82, 2.24) is 5.43 Å². The molecule has 136 valence electrons. The molecule has 5 heteroatoms. The second-order valence-electron chi connectivity index (χ2n) is 6.26. The molecule has 0 saturated heterocycles. The summed E-state index contributed by atoms with van der Waals surface area (Å²) in [5.74, 6) is -0.257. The molecular formula is C22H22N4O. The monoisotopic (exact) mass is 358 g/mol. The lowest BCUT2D eigenvalue weighted by Gasteiger charge is -2.11. The topological polar surface area (TPSA) is 56.7 Å². The minimum absolute atomic E-state index is 0.257. The quantitative estimate of drug-likeness (QED) is 0.511. The average molecular weight is 358 g/mol. The summed E-state index contributed by atoms with van der Waals surface area (Å²) in [5.41, 5.74) is 6.94. The lowest BCUT2D eigenvalue weighted by atomic mass is 10.2. The van der Waals surface area contributed by atoms with Crippen LogP contribution in [0.4, 0.5) is 17.1 Å². The predicted octanol–water partition coefficient (Wildman–Crippen LogP) is 4.26. The van der Waals surface area contributed by atoms with E-state index in [0.29, 0.717) is 5.56 Å². The molecule has 0 unspecified atom stereocenters. The van der Waals surface area contributed by atoms with Crippen LogP contribution in [-0.2, 0) is 0 Å². The number of amides is 1. The van der Waals surface area contributed by atoms with Gasteiger partial charge >= 0.3 is 0 Å². The van der Waals surface area contributed by atoms with Crippen LogP contribution in [0.2, 0.25) is 0 Å². The highest BCUT2D eigenvalue weighted by Crippen LogP contribution is 2.17. The van der Waals surface area contributed by atoms with Crippen molar-refractivity contribution in [2.45, 2.75) is 0 Å². The first-order chi connectivity index (χ1) is 13.1. The van der Waals surface area contributed by atoms with Crippen molar-refractivity contribution in [1.29, 1.82) is 0 Å². The number of para-hydroxylation sites is 1. The largest absolute Gasteiger partial charge is 0.378 e. The maximum absolute atomic E-state index is 12.3. The Bertz CT molecular complexity index is 919. The molecule has 0 bridgehead atoms. The van der Waals surface area contributed by atoms with E-state index in [9.17, 15) is 4.79 Å². The third kappa shape index (κ3) is 5.19. The zero-order valence-electron chi connectivity index (χ0n) is 15.4. The normalized spacial score (nSPS) is 10.6. The van der Waals surface area contributed by atoms with Crippen LogP contribution >= 0.6 is 0 Å². The van der Waals surface area contributed by atoms with Crippen molar-refractivity contribution in [3.63, 3.8) is 0 Å². The summed E-state index contributed by atoms with van der Waals surface area (Å²) < 4.78 is 0. The lowest BCUT2D eigenvalue weighted by molar-refractivity contribution is 0.0955.